The van der Waals surface area contributed by atoms with E-state index >= 15 is 0 Å². The second-order valence-corrected chi connectivity index (χ2v) is 7.15. The van der Waals surface area contributed by atoms with Crippen molar-refractivity contribution in [2.45, 2.75) is 43.6 Å². The monoisotopic (exact) mass is 299 g/mol. The molecule has 116 valence electrons. The highest BCUT2D eigenvalue weighted by Crippen LogP contribution is 2.55. The molecule has 2 fully saturated rings. The molecule has 2 aliphatic heterocycles. The van der Waals surface area contributed by atoms with Crippen LogP contribution >= 0.6 is 0 Å². The van der Waals surface area contributed by atoms with Crippen LogP contribution in [0.5, 0.6) is 11.5 Å². The first-order valence-corrected chi connectivity index (χ1v) is 8.45. The van der Waals surface area contributed by atoms with E-state index in [1.54, 1.807) is 0 Å². The number of carbonyl (C=O) groups excluding carboxylic acids is 1. The van der Waals surface area contributed by atoms with Crippen LogP contribution in [0.3, 0.4) is 0 Å². The van der Waals surface area contributed by atoms with Crippen molar-refractivity contribution in [3.8, 4) is 11.5 Å². The lowest BCUT2D eigenvalue weighted by Crippen LogP contribution is -2.60. The molecule has 1 aromatic rings. The van der Waals surface area contributed by atoms with Crippen LogP contribution in [0.1, 0.15) is 36.8 Å². The van der Waals surface area contributed by atoms with E-state index in [1.165, 1.54) is 11.1 Å². The van der Waals surface area contributed by atoms with E-state index in [1.807, 2.05) is 0 Å². The third-order valence-electron chi connectivity index (χ3n) is 6.19. The molecule has 2 bridgehead atoms. The SMILES string of the molecule is O=C1CC[C@H]2[C@H]3Cc4c(ccc5c4OCCO5)[C@@]2(CCN3)C1. The standard InChI is InChI=1S/C18H21NO3/c20-11-1-2-14-15-9-12-13(18(14,10-11)5-6-19-15)3-4-16-17(12)22-8-7-21-16/h3-4,14-15,19H,1-2,5-10H2/t14-,15+,18+/m0/s1. The third kappa shape index (κ3) is 1.59. The zero-order valence-corrected chi connectivity index (χ0v) is 12.7. The van der Waals surface area contributed by atoms with Gasteiger partial charge in [0.1, 0.15) is 19.0 Å². The molecule has 0 radical (unpaired) electrons. The van der Waals surface area contributed by atoms with Gasteiger partial charge in [-0.3, -0.25) is 4.79 Å². The topological polar surface area (TPSA) is 47.6 Å². The first-order valence-electron chi connectivity index (χ1n) is 8.45. The zero-order valence-electron chi connectivity index (χ0n) is 12.7. The Morgan fingerprint density at radius 3 is 3.09 bits per heavy atom. The van der Waals surface area contributed by atoms with Crippen molar-refractivity contribution in [2.75, 3.05) is 19.8 Å². The summed E-state index contributed by atoms with van der Waals surface area (Å²) in [5.41, 5.74) is 2.70. The minimum Gasteiger partial charge on any atom is -0.486 e. The van der Waals surface area contributed by atoms with Crippen LogP contribution in [-0.4, -0.2) is 31.6 Å². The second kappa shape index (κ2) is 4.48. The number of rotatable bonds is 0. The van der Waals surface area contributed by atoms with Gasteiger partial charge in [0.2, 0.25) is 0 Å². The molecule has 0 spiro atoms. The van der Waals surface area contributed by atoms with E-state index in [0.717, 1.165) is 43.7 Å². The van der Waals surface area contributed by atoms with Gasteiger partial charge in [-0.1, -0.05) is 6.07 Å². The van der Waals surface area contributed by atoms with Gasteiger partial charge in [-0.05, 0) is 43.4 Å². The fourth-order valence-corrected chi connectivity index (χ4v) is 5.35. The highest BCUT2D eigenvalue weighted by molar-refractivity contribution is 5.82. The summed E-state index contributed by atoms with van der Waals surface area (Å²) in [6.45, 7) is 2.26. The highest BCUT2D eigenvalue weighted by Gasteiger charge is 2.54. The van der Waals surface area contributed by atoms with Gasteiger partial charge < -0.3 is 14.8 Å². The number of Topliss-reactive ketones (excluding diaryl/α,β-unsaturated/α-hetero) is 1. The molecule has 2 heterocycles. The Bertz CT molecular complexity index is 656. The van der Waals surface area contributed by atoms with Crippen molar-refractivity contribution < 1.29 is 14.3 Å². The van der Waals surface area contributed by atoms with Crippen molar-refractivity contribution in [2.24, 2.45) is 5.92 Å². The maximum absolute atomic E-state index is 12.2. The minimum absolute atomic E-state index is 0.0364. The van der Waals surface area contributed by atoms with Gasteiger partial charge in [0.25, 0.3) is 0 Å². The number of hydrogen-bond acceptors (Lipinski definition) is 4. The summed E-state index contributed by atoms with van der Waals surface area (Å²) < 4.78 is 11.7. The molecule has 1 aromatic carbocycles. The van der Waals surface area contributed by atoms with Gasteiger partial charge in [-0.2, -0.15) is 0 Å². The lowest BCUT2D eigenvalue weighted by Gasteiger charge is -2.55. The second-order valence-electron chi connectivity index (χ2n) is 7.15. The lowest BCUT2D eigenvalue weighted by atomic mass is 9.52. The minimum atomic E-state index is 0.0364. The Morgan fingerprint density at radius 1 is 1.23 bits per heavy atom. The molecule has 4 aliphatic rings. The normalized spacial score (nSPS) is 35.5. The molecule has 0 unspecified atom stereocenters. The van der Waals surface area contributed by atoms with Gasteiger partial charge in [-0.15, -0.1) is 0 Å². The molecule has 1 N–H and O–H groups in total. The molecule has 1 saturated carbocycles. The third-order valence-corrected chi connectivity index (χ3v) is 6.19. The molecule has 4 nitrogen and oxygen atoms in total. The van der Waals surface area contributed by atoms with Crippen LogP contribution in [0, 0.1) is 5.92 Å². The van der Waals surface area contributed by atoms with Gasteiger partial charge in [0, 0.05) is 29.9 Å². The van der Waals surface area contributed by atoms with Crippen LogP contribution < -0.4 is 14.8 Å². The van der Waals surface area contributed by atoms with Crippen molar-refractivity contribution in [3.05, 3.63) is 23.3 Å². The van der Waals surface area contributed by atoms with E-state index < -0.39 is 0 Å². The average molecular weight is 299 g/mol. The summed E-state index contributed by atoms with van der Waals surface area (Å²) in [5, 5.41) is 3.70. The highest BCUT2D eigenvalue weighted by atomic mass is 16.6. The molecular formula is C18H21NO3. The average Bonchev–Trinajstić information content (AvgIpc) is 2.54. The fourth-order valence-electron chi connectivity index (χ4n) is 5.35. The number of ether oxygens (including phenoxy) is 2. The number of ketones is 1. The van der Waals surface area contributed by atoms with Gasteiger partial charge >= 0.3 is 0 Å². The fraction of sp³-hybridized carbons (Fsp3) is 0.611. The van der Waals surface area contributed by atoms with E-state index in [9.17, 15) is 4.79 Å². The first-order chi connectivity index (χ1) is 10.8. The molecule has 2 aliphatic carbocycles. The number of benzene rings is 1. The van der Waals surface area contributed by atoms with Gasteiger partial charge in [0.05, 0.1) is 0 Å². The Kier molecular flexibility index (Phi) is 2.63. The van der Waals surface area contributed by atoms with Crippen LogP contribution in [0.2, 0.25) is 0 Å². The molecular weight excluding hydrogens is 278 g/mol. The lowest BCUT2D eigenvalue weighted by molar-refractivity contribution is -0.125. The van der Waals surface area contributed by atoms with E-state index in [2.05, 4.69) is 17.4 Å². The molecule has 1 saturated heterocycles. The quantitative estimate of drug-likeness (QED) is 0.796. The Hall–Kier alpha value is -1.55. The van der Waals surface area contributed by atoms with Crippen LogP contribution in [0.4, 0.5) is 0 Å². The number of nitrogens with one attached hydrogen (secondary N) is 1. The molecule has 22 heavy (non-hydrogen) atoms. The zero-order chi connectivity index (χ0) is 14.7. The largest absolute Gasteiger partial charge is 0.486 e. The van der Waals surface area contributed by atoms with Crippen LogP contribution in [-0.2, 0) is 16.6 Å². The predicted octanol–water partition coefficient (Wildman–Crippen LogP) is 1.98. The molecule has 3 atom stereocenters. The van der Waals surface area contributed by atoms with E-state index in [-0.39, 0.29) is 5.41 Å². The van der Waals surface area contributed by atoms with Crippen molar-refractivity contribution in [1.29, 1.82) is 0 Å². The summed E-state index contributed by atoms with van der Waals surface area (Å²) in [4.78, 5) is 12.2. The summed E-state index contributed by atoms with van der Waals surface area (Å²) in [5.74, 6) is 2.84. The molecule has 5 rings (SSSR count). The molecule has 0 amide bonds. The first kappa shape index (κ1) is 12.9. The van der Waals surface area contributed by atoms with Crippen molar-refractivity contribution >= 4 is 5.78 Å². The van der Waals surface area contributed by atoms with Crippen LogP contribution in [0.15, 0.2) is 12.1 Å². The number of piperidine rings is 1. The van der Waals surface area contributed by atoms with E-state index in [0.29, 0.717) is 37.4 Å². The number of fused-ring (bicyclic) bond motifs is 3. The Morgan fingerprint density at radius 2 is 2.14 bits per heavy atom. The smallest absolute Gasteiger partial charge is 0.164 e. The Balaban J connectivity index is 1.72. The summed E-state index contributed by atoms with van der Waals surface area (Å²) in [6, 6.07) is 4.75. The Labute approximate surface area is 130 Å². The van der Waals surface area contributed by atoms with Crippen molar-refractivity contribution in [1.82, 2.24) is 5.32 Å². The van der Waals surface area contributed by atoms with Crippen molar-refractivity contribution in [3.63, 3.8) is 0 Å². The summed E-state index contributed by atoms with van der Waals surface area (Å²) >= 11 is 0. The predicted molar refractivity (Wildman–Crippen MR) is 81.6 cm³/mol. The summed E-state index contributed by atoms with van der Waals surface area (Å²) in [7, 11) is 0. The number of carbonyl (C=O) groups is 1. The summed E-state index contributed by atoms with van der Waals surface area (Å²) in [6.07, 6.45) is 4.56. The van der Waals surface area contributed by atoms with Gasteiger partial charge in [0.15, 0.2) is 11.5 Å². The molecule has 0 aromatic heterocycles. The van der Waals surface area contributed by atoms with Crippen LogP contribution in [0.25, 0.3) is 0 Å². The van der Waals surface area contributed by atoms with Gasteiger partial charge in [-0.25, -0.2) is 0 Å². The number of hydrogen-bond donors (Lipinski definition) is 1. The maximum Gasteiger partial charge on any atom is 0.164 e. The molecule has 4 heteroatoms. The van der Waals surface area contributed by atoms with E-state index in [4.69, 9.17) is 9.47 Å². The maximum atomic E-state index is 12.2.